The molecule has 0 N–H and O–H groups in total. The van der Waals surface area contributed by atoms with E-state index in [0.29, 0.717) is 11.1 Å². The van der Waals surface area contributed by atoms with Gasteiger partial charge in [-0.25, -0.2) is 0 Å². The number of rotatable bonds is 0. The first-order valence-corrected chi connectivity index (χ1v) is 6.43. The zero-order valence-corrected chi connectivity index (χ0v) is 9.68. The van der Waals surface area contributed by atoms with E-state index < -0.39 is 0 Å². The van der Waals surface area contributed by atoms with Gasteiger partial charge in [-0.15, -0.1) is 0 Å². The van der Waals surface area contributed by atoms with Crippen LogP contribution in [-0.4, -0.2) is 22.5 Å². The molecule has 2 saturated heterocycles. The fourth-order valence-corrected chi connectivity index (χ4v) is 4.50. The summed E-state index contributed by atoms with van der Waals surface area (Å²) in [7, 11) is 0. The molecule has 0 aromatic heterocycles. The lowest BCUT2D eigenvalue weighted by molar-refractivity contribution is -0.154. The maximum absolute atomic E-state index is 2.89. The first-order valence-electron chi connectivity index (χ1n) is 6.43. The van der Waals surface area contributed by atoms with Crippen molar-refractivity contribution in [2.75, 3.05) is 6.54 Å². The monoisotopic (exact) mass is 193 g/mol. The summed E-state index contributed by atoms with van der Waals surface area (Å²) in [6.07, 6.45) is 10.4. The molecular formula is C13H23N. The molecule has 1 spiro atoms. The molecule has 1 saturated carbocycles. The van der Waals surface area contributed by atoms with Crippen molar-refractivity contribution >= 4 is 0 Å². The maximum Gasteiger partial charge on any atom is 0.0243 e. The molecule has 0 aromatic carbocycles. The highest BCUT2D eigenvalue weighted by molar-refractivity contribution is 5.12. The summed E-state index contributed by atoms with van der Waals surface area (Å²) >= 11 is 0. The number of hydrogen-bond acceptors (Lipinski definition) is 1. The van der Waals surface area contributed by atoms with Crippen LogP contribution in [0.25, 0.3) is 0 Å². The third kappa shape index (κ3) is 0.997. The quantitative estimate of drug-likeness (QED) is 0.571. The Bertz CT molecular complexity index is 246. The van der Waals surface area contributed by atoms with Gasteiger partial charge in [-0.3, -0.25) is 4.90 Å². The summed E-state index contributed by atoms with van der Waals surface area (Å²) in [5.74, 6) is 1.07. The lowest BCUT2D eigenvalue weighted by atomic mass is 9.56. The van der Waals surface area contributed by atoms with E-state index in [9.17, 15) is 0 Å². The molecule has 0 radical (unpaired) electrons. The van der Waals surface area contributed by atoms with Gasteiger partial charge in [0.15, 0.2) is 0 Å². The third-order valence-electron chi connectivity index (χ3n) is 5.29. The van der Waals surface area contributed by atoms with Gasteiger partial charge in [0.2, 0.25) is 0 Å². The van der Waals surface area contributed by atoms with E-state index in [1.165, 1.54) is 51.5 Å². The van der Waals surface area contributed by atoms with E-state index in [1.54, 1.807) is 0 Å². The van der Waals surface area contributed by atoms with Gasteiger partial charge >= 0.3 is 0 Å². The lowest BCUT2D eigenvalue weighted by Gasteiger charge is -2.66. The van der Waals surface area contributed by atoms with Crippen LogP contribution < -0.4 is 0 Å². The Kier molecular flexibility index (Phi) is 1.81. The van der Waals surface area contributed by atoms with Crippen molar-refractivity contribution in [1.82, 2.24) is 4.90 Å². The average molecular weight is 193 g/mol. The zero-order valence-electron chi connectivity index (χ0n) is 9.68. The van der Waals surface area contributed by atoms with Crippen molar-refractivity contribution in [2.24, 2.45) is 5.92 Å². The van der Waals surface area contributed by atoms with Crippen LogP contribution in [0.5, 0.6) is 0 Å². The second-order valence-corrected chi connectivity index (χ2v) is 6.30. The molecule has 3 rings (SSSR count). The molecule has 1 heteroatoms. The van der Waals surface area contributed by atoms with Crippen molar-refractivity contribution in [3.63, 3.8) is 0 Å². The Morgan fingerprint density at radius 1 is 1.00 bits per heavy atom. The number of hydrogen-bond donors (Lipinski definition) is 0. The van der Waals surface area contributed by atoms with Crippen molar-refractivity contribution in [2.45, 2.75) is 69.9 Å². The van der Waals surface area contributed by atoms with Gasteiger partial charge < -0.3 is 0 Å². The molecule has 3 aliphatic rings. The largest absolute Gasteiger partial charge is 0.292 e. The average Bonchev–Trinajstić information content (AvgIpc) is 2.09. The van der Waals surface area contributed by atoms with Crippen molar-refractivity contribution < 1.29 is 0 Å². The van der Waals surface area contributed by atoms with E-state index in [-0.39, 0.29) is 0 Å². The normalized spacial score (nSPS) is 46.3. The molecule has 14 heavy (non-hydrogen) atoms. The summed E-state index contributed by atoms with van der Waals surface area (Å²) in [5, 5.41) is 0. The summed E-state index contributed by atoms with van der Waals surface area (Å²) in [4.78, 5) is 2.89. The predicted molar refractivity (Wildman–Crippen MR) is 59.3 cm³/mol. The first kappa shape index (κ1) is 9.21. The Labute approximate surface area is 87.9 Å². The van der Waals surface area contributed by atoms with E-state index in [4.69, 9.17) is 0 Å². The molecule has 2 heterocycles. The topological polar surface area (TPSA) is 3.24 Å². The molecule has 0 bridgehead atoms. The number of piperidine rings is 2. The molecule has 0 unspecified atom stereocenters. The van der Waals surface area contributed by atoms with Gasteiger partial charge in [0.25, 0.3) is 0 Å². The Morgan fingerprint density at radius 2 is 1.86 bits per heavy atom. The molecule has 80 valence electrons. The summed E-state index contributed by atoms with van der Waals surface area (Å²) in [6.45, 7) is 6.31. The fourth-order valence-electron chi connectivity index (χ4n) is 4.50. The Hall–Kier alpha value is -0.0400. The van der Waals surface area contributed by atoms with Crippen LogP contribution in [0.15, 0.2) is 0 Å². The van der Waals surface area contributed by atoms with E-state index in [2.05, 4.69) is 18.7 Å². The van der Waals surface area contributed by atoms with Gasteiger partial charge in [0.05, 0.1) is 0 Å². The highest BCUT2D eigenvalue weighted by Gasteiger charge is 2.57. The number of nitrogens with zero attached hydrogens (tertiary/aromatic N) is 1. The fraction of sp³-hybridized carbons (Fsp3) is 1.00. The van der Waals surface area contributed by atoms with Crippen LogP contribution in [0.1, 0.15) is 58.8 Å². The van der Waals surface area contributed by atoms with E-state index >= 15 is 0 Å². The van der Waals surface area contributed by atoms with Gasteiger partial charge in [0.1, 0.15) is 0 Å². The van der Waals surface area contributed by atoms with Gasteiger partial charge in [0, 0.05) is 11.1 Å². The minimum Gasteiger partial charge on any atom is -0.292 e. The minimum absolute atomic E-state index is 0.497. The minimum atomic E-state index is 0.497. The van der Waals surface area contributed by atoms with Crippen molar-refractivity contribution in [3.05, 3.63) is 0 Å². The van der Waals surface area contributed by atoms with Gasteiger partial charge in [-0.05, 0) is 71.3 Å². The molecule has 2 atom stereocenters. The SMILES string of the molecule is CC1(C)CCC[C@]23CC[C@@H]2CCCN13. The van der Waals surface area contributed by atoms with Crippen LogP contribution in [0.4, 0.5) is 0 Å². The van der Waals surface area contributed by atoms with Crippen LogP contribution in [-0.2, 0) is 0 Å². The standard InChI is InChI=1S/C13H23N/c1-12(2)7-4-8-13-9-6-11(13)5-3-10-14(12)13/h11H,3-10H2,1-2H3/t11-,13-/m0/s1. The van der Waals surface area contributed by atoms with Crippen LogP contribution >= 0.6 is 0 Å². The molecule has 1 aliphatic carbocycles. The summed E-state index contributed by atoms with van der Waals surface area (Å²) in [6, 6.07) is 0. The van der Waals surface area contributed by atoms with E-state index in [1.807, 2.05) is 0 Å². The van der Waals surface area contributed by atoms with Gasteiger partial charge in [-0.2, -0.15) is 0 Å². The maximum atomic E-state index is 2.89. The third-order valence-corrected chi connectivity index (χ3v) is 5.29. The molecule has 1 nitrogen and oxygen atoms in total. The smallest absolute Gasteiger partial charge is 0.0243 e. The Morgan fingerprint density at radius 3 is 2.50 bits per heavy atom. The van der Waals surface area contributed by atoms with Crippen LogP contribution in [0, 0.1) is 5.92 Å². The predicted octanol–water partition coefficient (Wildman–Crippen LogP) is 3.19. The Balaban J connectivity index is 1.93. The molecular weight excluding hydrogens is 170 g/mol. The molecule has 3 fully saturated rings. The van der Waals surface area contributed by atoms with E-state index in [0.717, 1.165) is 5.92 Å². The molecule has 0 amide bonds. The highest BCUT2D eigenvalue weighted by Crippen LogP contribution is 2.56. The second kappa shape index (κ2) is 2.75. The van der Waals surface area contributed by atoms with Crippen LogP contribution in [0.3, 0.4) is 0 Å². The molecule has 0 aromatic rings. The zero-order chi connectivity index (χ0) is 9.81. The first-order chi connectivity index (χ1) is 6.65. The van der Waals surface area contributed by atoms with Crippen molar-refractivity contribution in [3.8, 4) is 0 Å². The summed E-state index contributed by atoms with van der Waals surface area (Å²) < 4.78 is 0. The highest BCUT2D eigenvalue weighted by atomic mass is 15.3. The van der Waals surface area contributed by atoms with Gasteiger partial charge in [-0.1, -0.05) is 0 Å². The van der Waals surface area contributed by atoms with Crippen LogP contribution in [0.2, 0.25) is 0 Å². The van der Waals surface area contributed by atoms with Crippen molar-refractivity contribution in [1.29, 1.82) is 0 Å². The second-order valence-electron chi connectivity index (χ2n) is 6.30. The lowest BCUT2D eigenvalue weighted by Crippen LogP contribution is -2.70. The summed E-state index contributed by atoms with van der Waals surface area (Å²) in [5.41, 5.74) is 1.18. The molecule has 2 aliphatic heterocycles.